The highest BCUT2D eigenvalue weighted by atomic mass is 35.5. The van der Waals surface area contributed by atoms with E-state index in [0.717, 1.165) is 102 Å². The minimum atomic E-state index is -3.96. The average Bonchev–Trinajstić information content (AvgIpc) is 3.13. The summed E-state index contributed by atoms with van der Waals surface area (Å²) in [7, 11) is -3.96. The van der Waals surface area contributed by atoms with Crippen molar-refractivity contribution < 1.29 is 8.42 Å². The molecule has 1 heterocycles. The number of pyridine rings is 1. The van der Waals surface area contributed by atoms with Crippen LogP contribution in [0.4, 0.5) is 5.82 Å². The van der Waals surface area contributed by atoms with Gasteiger partial charge in [0.15, 0.2) is 0 Å². The maximum atomic E-state index is 14.2. The molecule has 0 amide bonds. The third-order valence-corrected chi connectivity index (χ3v) is 11.8. The van der Waals surface area contributed by atoms with E-state index in [9.17, 15) is 8.42 Å². The highest BCUT2D eigenvalue weighted by Gasteiger charge is 2.33. The summed E-state index contributed by atoms with van der Waals surface area (Å²) in [6, 6.07) is 31.8. The molecular formula is C42H45ClN4O2S. The molecule has 2 fully saturated rings. The van der Waals surface area contributed by atoms with Crippen molar-refractivity contribution in [3.8, 4) is 22.4 Å². The van der Waals surface area contributed by atoms with E-state index in [1.54, 1.807) is 12.1 Å². The predicted octanol–water partition coefficient (Wildman–Crippen LogP) is 10.6. The zero-order valence-corrected chi connectivity index (χ0v) is 30.5. The number of benzene rings is 4. The number of hydrogen-bond donors (Lipinski definition) is 1. The molecule has 6 nitrogen and oxygen atoms in total. The number of hydrogen-bond acceptors (Lipinski definition) is 4. The van der Waals surface area contributed by atoms with Crippen molar-refractivity contribution >= 4 is 44.2 Å². The number of sulfonamides is 1. The largest absolute Gasteiger partial charge is 0.293 e. The molecule has 0 unspecified atom stereocenters. The van der Waals surface area contributed by atoms with Gasteiger partial charge in [0.25, 0.3) is 10.0 Å². The first-order valence-electron chi connectivity index (χ1n) is 18.0. The van der Waals surface area contributed by atoms with Gasteiger partial charge in [0.05, 0.1) is 16.6 Å². The van der Waals surface area contributed by atoms with E-state index in [-0.39, 0.29) is 17.0 Å². The molecule has 8 heteroatoms. The highest BCUT2D eigenvalue weighted by molar-refractivity contribution is 7.90. The lowest BCUT2D eigenvalue weighted by molar-refractivity contribution is 0.428. The number of aliphatic imine (C=N–C) groups is 1. The van der Waals surface area contributed by atoms with Crippen LogP contribution in [0.15, 0.2) is 107 Å². The molecule has 2 aliphatic rings. The van der Waals surface area contributed by atoms with Crippen molar-refractivity contribution in [2.24, 2.45) is 4.99 Å². The molecule has 0 atom stereocenters. The standard InChI is InChI=1S/C42H45ClN4O2S/c1-29-17-21-32(22-18-29)40-39(31-23-25-33(43)26-24-31)37-15-9-10-16-38(37)41(45-40)47(35-13-7-4-8-14-35)42(44-34-11-5-3-6-12-34)46-50(48,49)36-27-19-30(2)20-28-36/h9-10,15-28,34-35H,3-8,11-14H2,1-2H3,(H,44,46). The van der Waals surface area contributed by atoms with E-state index >= 15 is 0 Å². The summed E-state index contributed by atoms with van der Waals surface area (Å²) in [5.74, 6) is 1.10. The van der Waals surface area contributed by atoms with Gasteiger partial charge in [0.2, 0.25) is 5.96 Å². The Kier molecular flexibility index (Phi) is 10.2. The van der Waals surface area contributed by atoms with Crippen LogP contribution in [0.1, 0.15) is 75.3 Å². The number of anilines is 1. The van der Waals surface area contributed by atoms with Crippen molar-refractivity contribution in [2.45, 2.75) is 95.0 Å². The molecular weight excluding hydrogens is 660 g/mol. The van der Waals surface area contributed by atoms with Gasteiger partial charge >= 0.3 is 0 Å². The summed E-state index contributed by atoms with van der Waals surface area (Å²) in [5.41, 5.74) is 6.02. The Balaban J connectivity index is 1.49. The minimum absolute atomic E-state index is 0.0231. The summed E-state index contributed by atoms with van der Waals surface area (Å²) < 4.78 is 31.5. The van der Waals surface area contributed by atoms with Gasteiger partial charge in [0.1, 0.15) is 5.82 Å². The quantitative estimate of drug-likeness (QED) is 0.135. The van der Waals surface area contributed by atoms with Crippen LogP contribution in [0.3, 0.4) is 0 Å². The van der Waals surface area contributed by atoms with Crippen LogP contribution in [0, 0.1) is 13.8 Å². The lowest BCUT2D eigenvalue weighted by Crippen LogP contribution is -2.51. The van der Waals surface area contributed by atoms with Crippen LogP contribution in [0.25, 0.3) is 33.2 Å². The van der Waals surface area contributed by atoms with Crippen molar-refractivity contribution in [1.29, 1.82) is 0 Å². The number of halogens is 1. The molecule has 258 valence electrons. The van der Waals surface area contributed by atoms with Gasteiger partial charge in [-0.25, -0.2) is 23.1 Å². The fourth-order valence-corrected chi connectivity index (χ4v) is 8.59. The number of aromatic nitrogens is 1. The number of nitrogens with one attached hydrogen (secondary N) is 1. The first-order chi connectivity index (χ1) is 24.3. The van der Waals surface area contributed by atoms with Gasteiger partial charge in [-0.15, -0.1) is 0 Å². The number of aryl methyl sites for hydroxylation is 2. The van der Waals surface area contributed by atoms with Crippen LogP contribution in [-0.4, -0.2) is 31.4 Å². The van der Waals surface area contributed by atoms with Crippen molar-refractivity contribution in [3.63, 3.8) is 0 Å². The summed E-state index contributed by atoms with van der Waals surface area (Å²) in [6.07, 6.45) is 10.4. The monoisotopic (exact) mass is 704 g/mol. The van der Waals surface area contributed by atoms with Crippen LogP contribution in [0.2, 0.25) is 5.02 Å². The Labute approximate surface area is 301 Å². The maximum Gasteiger partial charge on any atom is 0.264 e. The number of rotatable bonds is 7. The molecule has 0 bridgehead atoms. The summed E-state index contributed by atoms with van der Waals surface area (Å²) in [5, 5.41) is 2.66. The Morgan fingerprint density at radius 3 is 1.92 bits per heavy atom. The van der Waals surface area contributed by atoms with Crippen LogP contribution in [0.5, 0.6) is 0 Å². The van der Waals surface area contributed by atoms with Crippen molar-refractivity contribution in [2.75, 3.05) is 4.90 Å². The molecule has 7 rings (SSSR count). The van der Waals surface area contributed by atoms with E-state index in [1.807, 2.05) is 49.4 Å². The molecule has 0 spiro atoms. The van der Waals surface area contributed by atoms with Crippen molar-refractivity contribution in [1.82, 2.24) is 9.71 Å². The molecule has 2 aliphatic carbocycles. The number of guanidine groups is 1. The minimum Gasteiger partial charge on any atom is -0.293 e. The molecule has 0 radical (unpaired) electrons. The summed E-state index contributed by atoms with van der Waals surface area (Å²) in [4.78, 5) is 13.3. The fourth-order valence-electron chi connectivity index (χ4n) is 7.46. The first-order valence-corrected chi connectivity index (χ1v) is 19.9. The van der Waals surface area contributed by atoms with E-state index in [1.165, 1.54) is 12.0 Å². The molecule has 50 heavy (non-hydrogen) atoms. The Morgan fingerprint density at radius 2 is 1.28 bits per heavy atom. The van der Waals surface area contributed by atoms with Gasteiger partial charge in [-0.05, 0) is 74.7 Å². The van der Waals surface area contributed by atoms with Crippen LogP contribution >= 0.6 is 11.6 Å². The second-order valence-electron chi connectivity index (χ2n) is 13.9. The SMILES string of the molecule is Cc1ccc(-c2nc(N(C(=NC3CCCCC3)NS(=O)(=O)c3ccc(C)cc3)C3CCCCC3)c3ccccc3c2-c2ccc(Cl)cc2)cc1. The van der Waals surface area contributed by atoms with Gasteiger partial charge in [0, 0.05) is 27.6 Å². The molecule has 0 aliphatic heterocycles. The zero-order chi connectivity index (χ0) is 34.7. The van der Waals surface area contributed by atoms with Gasteiger partial charge in [-0.2, -0.15) is 0 Å². The second-order valence-corrected chi connectivity index (χ2v) is 16.0. The van der Waals surface area contributed by atoms with Gasteiger partial charge < -0.3 is 0 Å². The van der Waals surface area contributed by atoms with Crippen LogP contribution in [-0.2, 0) is 10.0 Å². The van der Waals surface area contributed by atoms with Crippen LogP contribution < -0.4 is 9.62 Å². The maximum absolute atomic E-state index is 14.2. The Hall–Kier alpha value is -4.20. The molecule has 4 aromatic carbocycles. The number of fused-ring (bicyclic) bond motifs is 1. The third-order valence-electron chi connectivity index (χ3n) is 10.2. The van der Waals surface area contributed by atoms with E-state index in [2.05, 4.69) is 59.0 Å². The summed E-state index contributed by atoms with van der Waals surface area (Å²) >= 11 is 6.37. The zero-order valence-electron chi connectivity index (χ0n) is 28.9. The first kappa shape index (κ1) is 34.3. The lowest BCUT2D eigenvalue weighted by Gasteiger charge is -2.37. The molecule has 0 saturated heterocycles. The van der Waals surface area contributed by atoms with E-state index < -0.39 is 10.0 Å². The van der Waals surface area contributed by atoms with Gasteiger partial charge in [-0.1, -0.05) is 134 Å². The highest BCUT2D eigenvalue weighted by Crippen LogP contribution is 2.42. The predicted molar refractivity (Wildman–Crippen MR) is 208 cm³/mol. The molecule has 1 N–H and O–H groups in total. The average molecular weight is 705 g/mol. The Morgan fingerprint density at radius 1 is 0.720 bits per heavy atom. The molecule has 2 saturated carbocycles. The van der Waals surface area contributed by atoms with E-state index in [0.29, 0.717) is 11.0 Å². The van der Waals surface area contributed by atoms with Crippen molar-refractivity contribution in [3.05, 3.63) is 113 Å². The smallest absolute Gasteiger partial charge is 0.264 e. The topological polar surface area (TPSA) is 74.7 Å². The fraction of sp³-hybridized carbons (Fsp3) is 0.333. The molecule has 5 aromatic rings. The van der Waals surface area contributed by atoms with Gasteiger partial charge in [-0.3, -0.25) is 4.90 Å². The summed E-state index contributed by atoms with van der Waals surface area (Å²) in [6.45, 7) is 4.04. The molecule has 1 aromatic heterocycles. The second kappa shape index (κ2) is 15.0. The number of nitrogens with zero attached hydrogens (tertiary/aromatic N) is 3. The normalized spacial score (nSPS) is 16.4. The van der Waals surface area contributed by atoms with E-state index in [4.69, 9.17) is 21.6 Å². The lowest BCUT2D eigenvalue weighted by atomic mass is 9.91. The Bertz CT molecular complexity index is 2080. The third kappa shape index (κ3) is 7.45.